The van der Waals surface area contributed by atoms with Gasteiger partial charge in [0.15, 0.2) is 17.4 Å². The van der Waals surface area contributed by atoms with Crippen LogP contribution in [0.25, 0.3) is 11.4 Å². The van der Waals surface area contributed by atoms with Crippen molar-refractivity contribution in [3.05, 3.63) is 65.1 Å². The molecule has 1 fully saturated rings. The number of rotatable bonds is 7. The van der Waals surface area contributed by atoms with Gasteiger partial charge in [-0.3, -0.25) is 9.59 Å². The summed E-state index contributed by atoms with van der Waals surface area (Å²) in [6.07, 6.45) is 1.50. The zero-order chi connectivity index (χ0) is 24.2. The molecule has 2 amide bonds. The molecule has 0 unspecified atom stereocenters. The molecule has 10 heteroatoms. The fourth-order valence-electron chi connectivity index (χ4n) is 3.80. The monoisotopic (exact) mass is 483 g/mol. The summed E-state index contributed by atoms with van der Waals surface area (Å²) in [6.45, 7) is 3.01. The number of hydrogen-bond donors (Lipinski definition) is 2. The first-order chi connectivity index (χ1) is 16.4. The lowest BCUT2D eigenvalue weighted by Crippen LogP contribution is -2.43. The smallest absolute Gasteiger partial charge is 0.267 e. The molecule has 1 aliphatic heterocycles. The Bertz CT molecular complexity index is 1220. The Balaban J connectivity index is 1.63. The van der Waals surface area contributed by atoms with Gasteiger partial charge in [0.05, 0.1) is 0 Å². The molecule has 1 atom stereocenters. The van der Waals surface area contributed by atoms with E-state index in [0.717, 1.165) is 6.42 Å². The molecule has 176 valence electrons. The number of carbonyl (C=O) groups excluding carboxylic acids is 2. The summed E-state index contributed by atoms with van der Waals surface area (Å²) in [5, 5.41) is 3.11. The maximum atomic E-state index is 14.0. The van der Waals surface area contributed by atoms with Gasteiger partial charge >= 0.3 is 0 Å². The van der Waals surface area contributed by atoms with Gasteiger partial charge in [-0.25, -0.2) is 14.4 Å². The largest absolute Gasteiger partial charge is 0.454 e. The Hall–Kier alpha value is -3.72. The van der Waals surface area contributed by atoms with E-state index in [1.54, 1.807) is 24.3 Å². The zero-order valence-electron chi connectivity index (χ0n) is 18.4. The number of benzene rings is 2. The number of nitrogens with one attached hydrogen (secondary N) is 1. The molecular weight excluding hydrogens is 461 g/mol. The van der Waals surface area contributed by atoms with Crippen molar-refractivity contribution in [2.45, 2.75) is 25.8 Å². The summed E-state index contributed by atoms with van der Waals surface area (Å²) in [6, 6.07) is 11.9. The van der Waals surface area contributed by atoms with Crippen LogP contribution in [0.1, 0.15) is 30.3 Å². The molecule has 4 rings (SSSR count). The summed E-state index contributed by atoms with van der Waals surface area (Å²) < 4.78 is 19.6. The molecule has 1 aliphatic rings. The van der Waals surface area contributed by atoms with E-state index in [1.165, 1.54) is 24.3 Å². The minimum absolute atomic E-state index is 0.0387. The predicted octanol–water partition coefficient (Wildman–Crippen LogP) is 3.93. The molecule has 3 aromatic rings. The molecule has 0 spiro atoms. The molecule has 0 saturated carbocycles. The molecule has 1 aromatic heterocycles. The number of amides is 2. The SMILES string of the molecule is CCNC(=O)[C@@H]1CCCN1c1cc(C(N)=O)nc(-c2ccc(Oc3ccc(Cl)cc3F)cc2)n1. The summed E-state index contributed by atoms with van der Waals surface area (Å²) in [7, 11) is 0. The first kappa shape index (κ1) is 23.4. The van der Waals surface area contributed by atoms with Crippen LogP contribution < -0.4 is 20.7 Å². The van der Waals surface area contributed by atoms with E-state index >= 15 is 0 Å². The van der Waals surface area contributed by atoms with Crippen LogP contribution >= 0.6 is 11.6 Å². The third kappa shape index (κ3) is 5.09. The maximum absolute atomic E-state index is 14.0. The van der Waals surface area contributed by atoms with Crippen molar-refractivity contribution in [2.24, 2.45) is 5.73 Å². The number of ether oxygens (including phenoxy) is 1. The van der Waals surface area contributed by atoms with Gasteiger partial charge in [-0.15, -0.1) is 0 Å². The average Bonchev–Trinajstić information content (AvgIpc) is 3.31. The van der Waals surface area contributed by atoms with Gasteiger partial charge in [-0.2, -0.15) is 0 Å². The Kier molecular flexibility index (Phi) is 6.93. The normalized spacial score (nSPS) is 15.3. The van der Waals surface area contributed by atoms with Gasteiger partial charge in [0.2, 0.25) is 5.91 Å². The number of anilines is 1. The number of likely N-dealkylation sites (N-methyl/N-ethyl adjacent to an activating group) is 1. The van der Waals surface area contributed by atoms with Crippen molar-refractivity contribution >= 4 is 29.2 Å². The Morgan fingerprint density at radius 3 is 2.65 bits per heavy atom. The highest BCUT2D eigenvalue weighted by molar-refractivity contribution is 6.30. The van der Waals surface area contributed by atoms with Crippen LogP contribution in [0.2, 0.25) is 5.02 Å². The number of hydrogen-bond acceptors (Lipinski definition) is 6. The van der Waals surface area contributed by atoms with E-state index in [0.29, 0.717) is 36.6 Å². The van der Waals surface area contributed by atoms with Crippen LogP contribution in [0.3, 0.4) is 0 Å². The molecule has 0 radical (unpaired) electrons. The standard InChI is InChI=1S/C24H23ClFN5O3/c1-2-28-24(33)19-4-3-11-31(19)21-13-18(22(27)32)29-23(30-21)14-5-8-16(9-6-14)34-20-10-7-15(25)12-17(20)26/h5-10,12-13,19H,2-4,11H2,1H3,(H2,27,32)(H,28,33)/t19-/m0/s1. The van der Waals surface area contributed by atoms with Crippen molar-refractivity contribution in [1.29, 1.82) is 0 Å². The van der Waals surface area contributed by atoms with E-state index in [9.17, 15) is 14.0 Å². The van der Waals surface area contributed by atoms with E-state index < -0.39 is 11.7 Å². The Morgan fingerprint density at radius 1 is 1.21 bits per heavy atom. The highest BCUT2D eigenvalue weighted by Crippen LogP contribution is 2.30. The molecule has 34 heavy (non-hydrogen) atoms. The second-order valence-electron chi connectivity index (χ2n) is 7.75. The van der Waals surface area contributed by atoms with Crippen molar-refractivity contribution in [3.63, 3.8) is 0 Å². The number of aromatic nitrogens is 2. The number of carbonyl (C=O) groups is 2. The van der Waals surface area contributed by atoms with Gasteiger partial charge in [0, 0.05) is 29.7 Å². The molecule has 0 bridgehead atoms. The number of primary amides is 1. The molecule has 1 saturated heterocycles. The lowest BCUT2D eigenvalue weighted by Gasteiger charge is -2.25. The highest BCUT2D eigenvalue weighted by Gasteiger charge is 2.32. The molecule has 2 aromatic carbocycles. The maximum Gasteiger partial charge on any atom is 0.267 e. The molecular formula is C24H23ClFN5O3. The summed E-state index contributed by atoms with van der Waals surface area (Å²) in [5.41, 5.74) is 6.16. The highest BCUT2D eigenvalue weighted by atomic mass is 35.5. The van der Waals surface area contributed by atoms with Gasteiger partial charge in [0.25, 0.3) is 5.91 Å². The minimum Gasteiger partial charge on any atom is -0.454 e. The quantitative estimate of drug-likeness (QED) is 0.526. The molecule has 2 heterocycles. The summed E-state index contributed by atoms with van der Waals surface area (Å²) in [5.74, 6) is -0.198. The van der Waals surface area contributed by atoms with Gasteiger partial charge in [0.1, 0.15) is 23.3 Å². The van der Waals surface area contributed by atoms with E-state index in [4.69, 9.17) is 22.1 Å². The number of nitrogens with zero attached hydrogens (tertiary/aromatic N) is 3. The third-order valence-corrected chi connectivity index (χ3v) is 5.64. The Labute approximate surface area is 200 Å². The lowest BCUT2D eigenvalue weighted by atomic mass is 10.2. The first-order valence-electron chi connectivity index (χ1n) is 10.8. The summed E-state index contributed by atoms with van der Waals surface area (Å²) >= 11 is 5.78. The Morgan fingerprint density at radius 2 is 1.97 bits per heavy atom. The molecule has 0 aliphatic carbocycles. The van der Waals surface area contributed by atoms with Crippen LogP contribution in [0.4, 0.5) is 10.2 Å². The average molecular weight is 484 g/mol. The van der Waals surface area contributed by atoms with Crippen LogP contribution in [0.5, 0.6) is 11.5 Å². The van der Waals surface area contributed by atoms with Crippen LogP contribution in [-0.4, -0.2) is 40.9 Å². The zero-order valence-corrected chi connectivity index (χ0v) is 19.2. The molecule has 3 N–H and O–H groups in total. The third-order valence-electron chi connectivity index (χ3n) is 5.40. The fourth-order valence-corrected chi connectivity index (χ4v) is 3.96. The lowest BCUT2D eigenvalue weighted by molar-refractivity contribution is -0.122. The predicted molar refractivity (Wildman–Crippen MR) is 127 cm³/mol. The van der Waals surface area contributed by atoms with Gasteiger partial charge in [-0.1, -0.05) is 11.6 Å². The van der Waals surface area contributed by atoms with E-state index in [2.05, 4.69) is 15.3 Å². The first-order valence-corrected chi connectivity index (χ1v) is 11.2. The van der Waals surface area contributed by atoms with Crippen molar-refractivity contribution in [2.75, 3.05) is 18.0 Å². The van der Waals surface area contributed by atoms with Crippen molar-refractivity contribution < 1.29 is 18.7 Å². The van der Waals surface area contributed by atoms with E-state index in [-0.39, 0.29) is 34.2 Å². The number of nitrogens with two attached hydrogens (primary N) is 1. The van der Waals surface area contributed by atoms with Gasteiger partial charge in [-0.05, 0) is 62.2 Å². The van der Waals surface area contributed by atoms with Crippen LogP contribution in [0, 0.1) is 5.82 Å². The topological polar surface area (TPSA) is 110 Å². The minimum atomic E-state index is -0.697. The second kappa shape index (κ2) is 10.0. The molecule has 8 nitrogen and oxygen atoms in total. The van der Waals surface area contributed by atoms with E-state index in [1.807, 2.05) is 11.8 Å². The number of halogens is 2. The second-order valence-corrected chi connectivity index (χ2v) is 8.18. The van der Waals surface area contributed by atoms with Crippen LogP contribution in [-0.2, 0) is 4.79 Å². The van der Waals surface area contributed by atoms with Crippen LogP contribution in [0.15, 0.2) is 48.5 Å². The van der Waals surface area contributed by atoms with Crippen molar-refractivity contribution in [3.8, 4) is 22.9 Å². The fraction of sp³-hybridized carbons (Fsp3) is 0.250. The van der Waals surface area contributed by atoms with Crippen molar-refractivity contribution in [1.82, 2.24) is 15.3 Å². The van der Waals surface area contributed by atoms with Gasteiger partial charge < -0.3 is 20.7 Å². The summed E-state index contributed by atoms with van der Waals surface area (Å²) in [4.78, 5) is 35.2.